The zero-order chi connectivity index (χ0) is 20.0. The van der Waals surface area contributed by atoms with Gasteiger partial charge in [-0.05, 0) is 24.8 Å². The fraction of sp³-hybridized carbons (Fsp3) is 0.526. The Morgan fingerprint density at radius 1 is 1.18 bits per heavy atom. The summed E-state index contributed by atoms with van der Waals surface area (Å²) in [7, 11) is 1.24. The Morgan fingerprint density at radius 3 is 2.46 bits per heavy atom. The molecule has 0 radical (unpaired) electrons. The smallest absolute Gasteiger partial charge is 0.441 e. The lowest BCUT2D eigenvalue weighted by Gasteiger charge is -2.29. The number of hydrogen-bond acceptors (Lipinski definition) is 7. The maximum atomic E-state index is 12.2. The van der Waals surface area contributed by atoms with Gasteiger partial charge in [-0.15, -0.1) is 0 Å². The lowest BCUT2D eigenvalue weighted by atomic mass is 9.97. The molecule has 2 fully saturated rings. The molecule has 1 aromatic rings. The number of ether oxygens (including phenoxy) is 2. The molecule has 1 saturated heterocycles. The van der Waals surface area contributed by atoms with Crippen LogP contribution in [0.5, 0.6) is 0 Å². The molecule has 9 heteroatoms. The quantitative estimate of drug-likeness (QED) is 0.410. The Morgan fingerprint density at radius 2 is 1.89 bits per heavy atom. The summed E-state index contributed by atoms with van der Waals surface area (Å²) in [6, 6.07) is 8.24. The highest BCUT2D eigenvalue weighted by molar-refractivity contribution is 5.82. The number of hydrogen-bond donors (Lipinski definition) is 1. The summed E-state index contributed by atoms with van der Waals surface area (Å²) in [6.07, 6.45) is 0.897. The Balaban J connectivity index is 1.51. The highest BCUT2D eigenvalue weighted by atomic mass is 17.2. The Hall–Kier alpha value is -2.81. The molecule has 0 aromatic heterocycles. The normalized spacial score (nSPS) is 17.7. The lowest BCUT2D eigenvalue weighted by Crippen LogP contribution is -2.49. The van der Waals surface area contributed by atoms with Gasteiger partial charge in [0.25, 0.3) is 0 Å². The molecule has 3 rings (SSSR count). The second-order valence-corrected chi connectivity index (χ2v) is 6.98. The molecular weight excluding hydrogens is 368 g/mol. The number of nitrogens with zero attached hydrogens (tertiary/aromatic N) is 1. The summed E-state index contributed by atoms with van der Waals surface area (Å²) >= 11 is 0. The predicted octanol–water partition coefficient (Wildman–Crippen LogP) is 2.01. The van der Waals surface area contributed by atoms with Crippen molar-refractivity contribution in [2.45, 2.75) is 31.9 Å². The molecule has 152 valence electrons. The third-order valence-corrected chi connectivity index (χ3v) is 5.01. The molecular formula is C19H24N2O7. The monoisotopic (exact) mass is 392 g/mol. The standard InChI is InChI=1S/C19H24N2O7/c1-25-16(22)15(20-17(23)26-12-14-6-3-2-4-7-14)19(8-9-19)13-27-28-18(24)21-10-5-11-21/h2-4,6-7,15H,5,8-13H2,1H3,(H,20,23). The first-order valence-electron chi connectivity index (χ1n) is 9.17. The predicted molar refractivity (Wildman–Crippen MR) is 95.9 cm³/mol. The van der Waals surface area contributed by atoms with E-state index in [0.717, 1.165) is 12.0 Å². The van der Waals surface area contributed by atoms with Gasteiger partial charge in [0.1, 0.15) is 19.3 Å². The van der Waals surface area contributed by atoms with E-state index in [9.17, 15) is 14.4 Å². The van der Waals surface area contributed by atoms with Gasteiger partial charge in [-0.3, -0.25) is 4.89 Å². The van der Waals surface area contributed by atoms with Crippen molar-refractivity contribution in [3.05, 3.63) is 35.9 Å². The zero-order valence-electron chi connectivity index (χ0n) is 15.7. The van der Waals surface area contributed by atoms with Crippen LogP contribution in [0.15, 0.2) is 30.3 Å². The van der Waals surface area contributed by atoms with E-state index >= 15 is 0 Å². The number of carbonyl (C=O) groups is 3. The SMILES string of the molecule is COC(=O)C(NC(=O)OCc1ccccc1)C1(COOC(=O)N2CCC2)CC1. The molecule has 1 heterocycles. The molecule has 1 N–H and O–H groups in total. The second-order valence-electron chi connectivity index (χ2n) is 6.98. The van der Waals surface area contributed by atoms with Crippen LogP contribution in [-0.2, 0) is 30.7 Å². The molecule has 1 aromatic carbocycles. The van der Waals surface area contributed by atoms with Crippen LogP contribution in [-0.4, -0.2) is 55.9 Å². The minimum absolute atomic E-state index is 0.0225. The van der Waals surface area contributed by atoms with E-state index in [1.54, 1.807) is 0 Å². The highest BCUT2D eigenvalue weighted by Gasteiger charge is 2.55. The maximum absolute atomic E-state index is 12.2. The molecule has 2 amide bonds. The number of alkyl carbamates (subject to hydrolysis) is 1. The van der Waals surface area contributed by atoms with Gasteiger partial charge in [-0.25, -0.2) is 14.4 Å². The van der Waals surface area contributed by atoms with Gasteiger partial charge < -0.3 is 19.7 Å². The van der Waals surface area contributed by atoms with Crippen LogP contribution < -0.4 is 5.32 Å². The topological polar surface area (TPSA) is 103 Å². The van der Waals surface area contributed by atoms with Gasteiger partial charge in [0.05, 0.1) is 7.11 Å². The van der Waals surface area contributed by atoms with Gasteiger partial charge in [-0.1, -0.05) is 30.3 Å². The largest absolute Gasteiger partial charge is 0.467 e. The van der Waals surface area contributed by atoms with Crippen molar-refractivity contribution < 1.29 is 33.6 Å². The van der Waals surface area contributed by atoms with Crippen molar-refractivity contribution in [1.29, 1.82) is 0 Å². The molecule has 1 saturated carbocycles. The molecule has 1 aliphatic carbocycles. The Labute approximate surface area is 162 Å². The average Bonchev–Trinajstić information content (AvgIpc) is 3.44. The number of likely N-dealkylation sites (tertiary alicyclic amines) is 1. The zero-order valence-corrected chi connectivity index (χ0v) is 15.7. The summed E-state index contributed by atoms with van der Waals surface area (Å²) in [5.74, 6) is -0.605. The Bertz CT molecular complexity index is 701. The van der Waals surface area contributed by atoms with Crippen molar-refractivity contribution in [3.8, 4) is 0 Å². The summed E-state index contributed by atoms with van der Waals surface area (Å²) in [4.78, 5) is 47.4. The number of rotatable bonds is 8. The van der Waals surface area contributed by atoms with Gasteiger partial charge in [-0.2, -0.15) is 4.89 Å². The van der Waals surface area contributed by atoms with Crippen LogP contribution in [0, 0.1) is 5.41 Å². The fourth-order valence-electron chi connectivity index (χ4n) is 2.89. The van der Waals surface area contributed by atoms with E-state index in [4.69, 9.17) is 19.2 Å². The lowest BCUT2D eigenvalue weighted by molar-refractivity contribution is -0.259. The van der Waals surface area contributed by atoms with E-state index < -0.39 is 29.6 Å². The van der Waals surface area contributed by atoms with Crippen LogP contribution in [0.4, 0.5) is 9.59 Å². The van der Waals surface area contributed by atoms with Gasteiger partial charge >= 0.3 is 18.2 Å². The first kappa shape index (κ1) is 19.9. The molecule has 1 aliphatic heterocycles. The molecule has 1 atom stereocenters. The van der Waals surface area contributed by atoms with Crippen LogP contribution in [0.1, 0.15) is 24.8 Å². The molecule has 0 bridgehead atoms. The van der Waals surface area contributed by atoms with Crippen molar-refractivity contribution in [3.63, 3.8) is 0 Å². The number of amides is 2. The number of benzene rings is 1. The van der Waals surface area contributed by atoms with Crippen molar-refractivity contribution in [2.24, 2.45) is 5.41 Å². The molecule has 0 spiro atoms. The van der Waals surface area contributed by atoms with E-state index in [1.807, 2.05) is 30.3 Å². The van der Waals surface area contributed by atoms with E-state index in [1.165, 1.54) is 12.0 Å². The van der Waals surface area contributed by atoms with Crippen LogP contribution in [0.3, 0.4) is 0 Å². The molecule has 1 unspecified atom stereocenters. The highest BCUT2D eigenvalue weighted by Crippen LogP contribution is 2.49. The van der Waals surface area contributed by atoms with E-state index in [2.05, 4.69) is 5.32 Å². The number of carbonyl (C=O) groups excluding carboxylic acids is 3. The first-order chi connectivity index (χ1) is 13.5. The minimum atomic E-state index is -0.955. The number of nitrogens with one attached hydrogen (secondary N) is 1. The van der Waals surface area contributed by atoms with Crippen molar-refractivity contribution in [2.75, 3.05) is 26.8 Å². The minimum Gasteiger partial charge on any atom is -0.467 e. The van der Waals surface area contributed by atoms with Crippen LogP contribution >= 0.6 is 0 Å². The Kier molecular flexibility index (Phi) is 6.35. The average molecular weight is 392 g/mol. The maximum Gasteiger partial charge on any atom is 0.441 e. The van der Waals surface area contributed by atoms with E-state index in [-0.39, 0.29) is 13.2 Å². The van der Waals surface area contributed by atoms with Gasteiger partial charge in [0.15, 0.2) is 0 Å². The molecule has 2 aliphatic rings. The van der Waals surface area contributed by atoms with Crippen molar-refractivity contribution in [1.82, 2.24) is 10.2 Å². The van der Waals surface area contributed by atoms with Gasteiger partial charge in [0, 0.05) is 18.5 Å². The van der Waals surface area contributed by atoms with Crippen LogP contribution in [0.2, 0.25) is 0 Å². The third kappa shape index (κ3) is 4.92. The summed E-state index contributed by atoms with van der Waals surface area (Å²) < 4.78 is 10.00. The molecule has 9 nitrogen and oxygen atoms in total. The van der Waals surface area contributed by atoms with Crippen molar-refractivity contribution >= 4 is 18.2 Å². The van der Waals surface area contributed by atoms with Gasteiger partial charge in [0.2, 0.25) is 0 Å². The van der Waals surface area contributed by atoms with E-state index in [0.29, 0.717) is 25.9 Å². The summed E-state index contributed by atoms with van der Waals surface area (Å²) in [6.45, 7) is 1.35. The molecule has 28 heavy (non-hydrogen) atoms. The second kappa shape index (κ2) is 8.92. The summed E-state index contributed by atoms with van der Waals surface area (Å²) in [5.41, 5.74) is 0.142. The summed E-state index contributed by atoms with van der Waals surface area (Å²) in [5, 5.41) is 2.56. The van der Waals surface area contributed by atoms with Crippen LogP contribution in [0.25, 0.3) is 0 Å². The number of methoxy groups -OCH3 is 1. The number of esters is 1. The fourth-order valence-corrected chi connectivity index (χ4v) is 2.89. The third-order valence-electron chi connectivity index (χ3n) is 5.01. The first-order valence-corrected chi connectivity index (χ1v) is 9.17.